The quantitative estimate of drug-likeness (QED) is 0.727. The van der Waals surface area contributed by atoms with Gasteiger partial charge in [-0.3, -0.25) is 19.3 Å². The zero-order valence-corrected chi connectivity index (χ0v) is 17.0. The average Bonchev–Trinajstić information content (AvgIpc) is 2.92. The van der Waals surface area contributed by atoms with Crippen LogP contribution in [0.3, 0.4) is 0 Å². The molecular formula is C21H20N2O5S. The van der Waals surface area contributed by atoms with Crippen LogP contribution in [0.5, 0.6) is 11.5 Å². The number of phenols is 1. The second kappa shape index (κ2) is 8.40. The highest BCUT2D eigenvalue weighted by Gasteiger charge is 2.36. The summed E-state index contributed by atoms with van der Waals surface area (Å²) < 4.78 is 4.98. The molecule has 7 nitrogen and oxygen atoms in total. The number of hydrogen-bond donors (Lipinski definition) is 2. The van der Waals surface area contributed by atoms with Crippen molar-refractivity contribution in [2.75, 3.05) is 19.0 Å². The number of aryl methyl sites for hydroxylation is 2. The highest BCUT2D eigenvalue weighted by atomic mass is 32.2. The molecule has 0 bridgehead atoms. The van der Waals surface area contributed by atoms with Gasteiger partial charge in [-0.05, 0) is 72.6 Å². The number of nitrogens with one attached hydrogen (secondary N) is 1. The molecule has 29 heavy (non-hydrogen) atoms. The van der Waals surface area contributed by atoms with E-state index in [-0.39, 0.29) is 17.2 Å². The van der Waals surface area contributed by atoms with E-state index >= 15 is 0 Å². The summed E-state index contributed by atoms with van der Waals surface area (Å²) in [5, 5.41) is 12.0. The Hall–Kier alpha value is -3.26. The molecule has 1 aliphatic heterocycles. The van der Waals surface area contributed by atoms with Gasteiger partial charge < -0.3 is 15.2 Å². The van der Waals surface area contributed by atoms with E-state index in [1.165, 1.54) is 19.3 Å². The summed E-state index contributed by atoms with van der Waals surface area (Å²) >= 11 is 0.751. The van der Waals surface area contributed by atoms with Crippen molar-refractivity contribution in [3.63, 3.8) is 0 Å². The van der Waals surface area contributed by atoms with Crippen molar-refractivity contribution in [1.29, 1.82) is 0 Å². The standard InChI is InChI=1S/C21H20N2O5S/c1-12-4-6-15(8-13(12)2)22-19(25)11-23-20(26)18(29-21(23)27)10-14-5-7-17(28-3)16(24)9-14/h4-10,24H,11H2,1-3H3,(H,22,25)/b18-10+. The maximum absolute atomic E-state index is 12.6. The fraction of sp³-hybridized carbons (Fsp3) is 0.190. The zero-order valence-electron chi connectivity index (χ0n) is 16.2. The van der Waals surface area contributed by atoms with Gasteiger partial charge in [0.1, 0.15) is 6.54 Å². The molecule has 1 aliphatic rings. The smallest absolute Gasteiger partial charge is 0.294 e. The minimum absolute atomic E-state index is 0.0757. The fourth-order valence-corrected chi connectivity index (χ4v) is 3.59. The molecule has 0 spiro atoms. The maximum atomic E-state index is 12.6. The first-order valence-electron chi connectivity index (χ1n) is 8.78. The number of imide groups is 1. The number of benzene rings is 2. The highest BCUT2D eigenvalue weighted by Crippen LogP contribution is 2.34. The Labute approximate surface area is 172 Å². The molecule has 0 atom stereocenters. The van der Waals surface area contributed by atoms with Crippen molar-refractivity contribution in [3.8, 4) is 11.5 Å². The molecule has 8 heteroatoms. The van der Waals surface area contributed by atoms with Gasteiger partial charge in [0.2, 0.25) is 5.91 Å². The summed E-state index contributed by atoms with van der Waals surface area (Å²) in [4.78, 5) is 38.2. The van der Waals surface area contributed by atoms with Gasteiger partial charge in [0, 0.05) is 5.69 Å². The Morgan fingerprint density at radius 2 is 1.93 bits per heavy atom. The molecule has 3 amide bonds. The van der Waals surface area contributed by atoms with E-state index < -0.39 is 17.1 Å². The summed E-state index contributed by atoms with van der Waals surface area (Å²) in [5.41, 5.74) is 3.27. The summed E-state index contributed by atoms with van der Waals surface area (Å²) in [7, 11) is 1.43. The first-order valence-corrected chi connectivity index (χ1v) is 9.59. The number of rotatable bonds is 5. The Balaban J connectivity index is 1.70. The van der Waals surface area contributed by atoms with E-state index in [4.69, 9.17) is 4.74 Å². The van der Waals surface area contributed by atoms with Crippen LogP contribution >= 0.6 is 11.8 Å². The first-order chi connectivity index (χ1) is 13.8. The molecule has 0 radical (unpaired) electrons. The van der Waals surface area contributed by atoms with Crippen LogP contribution in [0.15, 0.2) is 41.3 Å². The van der Waals surface area contributed by atoms with Gasteiger partial charge in [-0.25, -0.2) is 0 Å². The van der Waals surface area contributed by atoms with Crippen molar-refractivity contribution < 1.29 is 24.2 Å². The van der Waals surface area contributed by atoms with E-state index in [0.717, 1.165) is 27.8 Å². The van der Waals surface area contributed by atoms with Gasteiger partial charge in [-0.2, -0.15) is 0 Å². The van der Waals surface area contributed by atoms with E-state index in [1.807, 2.05) is 26.0 Å². The monoisotopic (exact) mass is 412 g/mol. The lowest BCUT2D eigenvalue weighted by molar-refractivity contribution is -0.127. The number of carbonyl (C=O) groups is 3. The van der Waals surface area contributed by atoms with E-state index in [0.29, 0.717) is 17.0 Å². The second-order valence-corrected chi connectivity index (χ2v) is 7.54. The summed E-state index contributed by atoms with van der Waals surface area (Å²) in [6, 6.07) is 10.1. The van der Waals surface area contributed by atoms with Gasteiger partial charge in [0.15, 0.2) is 11.5 Å². The Morgan fingerprint density at radius 1 is 1.17 bits per heavy atom. The third kappa shape index (κ3) is 4.60. The number of carbonyl (C=O) groups excluding carboxylic acids is 3. The summed E-state index contributed by atoms with van der Waals surface area (Å²) in [5.74, 6) is -0.782. The van der Waals surface area contributed by atoms with Crippen molar-refractivity contribution >= 4 is 40.6 Å². The first kappa shape index (κ1) is 20.5. The van der Waals surface area contributed by atoms with Crippen LogP contribution in [0, 0.1) is 13.8 Å². The Morgan fingerprint density at radius 3 is 2.59 bits per heavy atom. The minimum atomic E-state index is -0.550. The highest BCUT2D eigenvalue weighted by molar-refractivity contribution is 8.18. The maximum Gasteiger partial charge on any atom is 0.294 e. The average molecular weight is 412 g/mol. The number of phenolic OH excluding ortho intramolecular Hbond substituents is 1. The van der Waals surface area contributed by atoms with Crippen molar-refractivity contribution in [3.05, 3.63) is 58.0 Å². The normalized spacial score (nSPS) is 15.1. The number of hydrogen-bond acceptors (Lipinski definition) is 6. The molecule has 150 valence electrons. The Bertz CT molecular complexity index is 1030. The number of thioether (sulfide) groups is 1. The lowest BCUT2D eigenvalue weighted by Crippen LogP contribution is -2.36. The predicted molar refractivity (Wildman–Crippen MR) is 112 cm³/mol. The summed E-state index contributed by atoms with van der Waals surface area (Å²) in [6.07, 6.45) is 1.49. The predicted octanol–water partition coefficient (Wildman–Crippen LogP) is 3.69. The van der Waals surface area contributed by atoms with E-state index in [2.05, 4.69) is 5.32 Å². The van der Waals surface area contributed by atoms with Crippen LogP contribution in [0.25, 0.3) is 6.08 Å². The third-order valence-electron chi connectivity index (χ3n) is 4.47. The van der Waals surface area contributed by atoms with Gasteiger partial charge in [0.25, 0.3) is 11.1 Å². The minimum Gasteiger partial charge on any atom is -0.504 e. The fourth-order valence-electron chi connectivity index (χ4n) is 2.75. The number of aromatic hydroxyl groups is 1. The Kier molecular flexibility index (Phi) is 5.93. The van der Waals surface area contributed by atoms with Gasteiger partial charge >= 0.3 is 0 Å². The van der Waals surface area contributed by atoms with Crippen molar-refractivity contribution in [2.45, 2.75) is 13.8 Å². The lowest BCUT2D eigenvalue weighted by Gasteiger charge is -2.13. The number of nitrogens with zero attached hydrogens (tertiary/aromatic N) is 1. The van der Waals surface area contributed by atoms with Crippen LogP contribution < -0.4 is 10.1 Å². The molecule has 2 aromatic rings. The van der Waals surface area contributed by atoms with Crippen molar-refractivity contribution in [1.82, 2.24) is 4.90 Å². The number of ether oxygens (including phenoxy) is 1. The number of methoxy groups -OCH3 is 1. The van der Waals surface area contributed by atoms with E-state index in [9.17, 15) is 19.5 Å². The molecule has 1 fully saturated rings. The van der Waals surface area contributed by atoms with Gasteiger partial charge in [0.05, 0.1) is 12.0 Å². The molecular weight excluding hydrogens is 392 g/mol. The molecule has 2 aromatic carbocycles. The molecule has 1 heterocycles. The number of amides is 3. The molecule has 1 saturated heterocycles. The SMILES string of the molecule is COc1ccc(/C=C2/SC(=O)N(CC(=O)Nc3ccc(C)c(C)c3)C2=O)cc1O. The van der Waals surface area contributed by atoms with Gasteiger partial charge in [-0.1, -0.05) is 12.1 Å². The van der Waals surface area contributed by atoms with Crippen molar-refractivity contribution in [2.24, 2.45) is 0 Å². The van der Waals surface area contributed by atoms with Crippen LogP contribution in [0.1, 0.15) is 16.7 Å². The third-order valence-corrected chi connectivity index (χ3v) is 5.37. The molecule has 0 aromatic heterocycles. The topological polar surface area (TPSA) is 95.9 Å². The van der Waals surface area contributed by atoms with Crippen LogP contribution in [0.4, 0.5) is 10.5 Å². The molecule has 2 N–H and O–H groups in total. The van der Waals surface area contributed by atoms with E-state index in [1.54, 1.807) is 18.2 Å². The zero-order chi connectivity index (χ0) is 21.1. The largest absolute Gasteiger partial charge is 0.504 e. The molecule has 0 aliphatic carbocycles. The van der Waals surface area contributed by atoms with Crippen LogP contribution in [-0.4, -0.2) is 40.7 Å². The van der Waals surface area contributed by atoms with Gasteiger partial charge in [-0.15, -0.1) is 0 Å². The number of anilines is 1. The summed E-state index contributed by atoms with van der Waals surface area (Å²) in [6.45, 7) is 3.53. The van der Waals surface area contributed by atoms with Crippen LogP contribution in [0.2, 0.25) is 0 Å². The molecule has 0 saturated carbocycles. The second-order valence-electron chi connectivity index (χ2n) is 6.55. The lowest BCUT2D eigenvalue weighted by atomic mass is 10.1. The molecule has 3 rings (SSSR count). The van der Waals surface area contributed by atoms with Crippen LogP contribution in [-0.2, 0) is 9.59 Å². The molecule has 0 unspecified atom stereocenters.